The van der Waals surface area contributed by atoms with Gasteiger partial charge in [0.15, 0.2) is 5.16 Å². The molecule has 0 N–H and O–H groups in total. The predicted octanol–water partition coefficient (Wildman–Crippen LogP) is 3.62. The van der Waals surface area contributed by atoms with Crippen molar-refractivity contribution in [2.45, 2.75) is 65.6 Å². The molecule has 3 rings (SSSR count). The number of aliphatic imine (C=N–C) groups is 1. The van der Waals surface area contributed by atoms with Gasteiger partial charge in [-0.25, -0.2) is 4.99 Å². The van der Waals surface area contributed by atoms with Crippen molar-refractivity contribution in [3.8, 4) is 0 Å². The highest BCUT2D eigenvalue weighted by molar-refractivity contribution is 7.99. The maximum Gasteiger partial charge on any atom is 0.190 e. The monoisotopic (exact) mass is 447 g/mol. The van der Waals surface area contributed by atoms with Crippen LogP contribution in [-0.4, -0.2) is 85.9 Å². The van der Waals surface area contributed by atoms with E-state index in [0.717, 1.165) is 56.0 Å². The van der Waals surface area contributed by atoms with Crippen LogP contribution >= 0.6 is 11.8 Å². The van der Waals surface area contributed by atoms with E-state index in [1.807, 2.05) is 14.0 Å². The number of nitrogens with zero attached hydrogens (tertiary/aromatic N) is 7. The van der Waals surface area contributed by atoms with Crippen molar-refractivity contribution in [3.63, 3.8) is 0 Å². The van der Waals surface area contributed by atoms with Crippen molar-refractivity contribution in [1.82, 2.24) is 29.5 Å². The quantitative estimate of drug-likeness (QED) is 0.490. The fourth-order valence-corrected chi connectivity index (χ4v) is 4.88. The zero-order valence-electron chi connectivity index (χ0n) is 20.8. The first-order chi connectivity index (χ1) is 14.5. The Morgan fingerprint density at radius 1 is 1.00 bits per heavy atom. The van der Waals surface area contributed by atoms with Gasteiger partial charge in [0.2, 0.25) is 0 Å². The summed E-state index contributed by atoms with van der Waals surface area (Å²) in [5.41, 5.74) is 0.113. The minimum absolute atomic E-state index is 0.0353. The molecule has 1 aromatic rings. The fraction of sp³-hybridized carbons (Fsp3) is 0.783. The van der Waals surface area contributed by atoms with Crippen LogP contribution in [0.1, 0.15) is 53.8 Å². The van der Waals surface area contributed by atoms with E-state index in [0.29, 0.717) is 0 Å². The molecule has 0 radical (unpaired) electrons. The Morgan fingerprint density at radius 3 is 2.23 bits per heavy atom. The molecule has 1 aromatic heterocycles. The molecule has 31 heavy (non-hydrogen) atoms. The first kappa shape index (κ1) is 24.1. The highest BCUT2D eigenvalue weighted by Gasteiger charge is 2.34. The van der Waals surface area contributed by atoms with E-state index in [1.165, 1.54) is 18.1 Å². The highest BCUT2D eigenvalue weighted by atomic mass is 32.2. The second-order valence-electron chi connectivity index (χ2n) is 10.6. The van der Waals surface area contributed by atoms with Crippen LogP contribution < -0.4 is 0 Å². The molecule has 7 nitrogen and oxygen atoms in total. The van der Waals surface area contributed by atoms with Gasteiger partial charge in [0.1, 0.15) is 17.5 Å². The summed E-state index contributed by atoms with van der Waals surface area (Å²) in [6, 6.07) is 0. The van der Waals surface area contributed by atoms with E-state index in [9.17, 15) is 0 Å². The Morgan fingerprint density at radius 2 is 1.68 bits per heavy atom. The second kappa shape index (κ2) is 9.53. The molecule has 0 aromatic carbocycles. The second-order valence-corrected chi connectivity index (χ2v) is 11.7. The van der Waals surface area contributed by atoms with Crippen LogP contribution in [0.2, 0.25) is 0 Å². The van der Waals surface area contributed by atoms with Gasteiger partial charge in [0.25, 0.3) is 0 Å². The van der Waals surface area contributed by atoms with Crippen molar-refractivity contribution in [2.24, 2.45) is 17.5 Å². The third kappa shape index (κ3) is 6.04. The molecule has 0 atom stereocenters. The summed E-state index contributed by atoms with van der Waals surface area (Å²) in [6.07, 6.45) is 3.49. The van der Waals surface area contributed by atoms with Crippen LogP contribution in [-0.2, 0) is 7.05 Å². The average Bonchev–Trinajstić information content (AvgIpc) is 3.02. The van der Waals surface area contributed by atoms with Gasteiger partial charge in [0.05, 0.1) is 0 Å². The molecule has 174 valence electrons. The van der Waals surface area contributed by atoms with Gasteiger partial charge in [-0.15, -0.1) is 10.2 Å². The number of hydrogen-bond acceptors (Lipinski definition) is 7. The van der Waals surface area contributed by atoms with Gasteiger partial charge in [-0.1, -0.05) is 32.5 Å². The zero-order valence-corrected chi connectivity index (χ0v) is 21.6. The lowest BCUT2D eigenvalue weighted by Gasteiger charge is -2.45. The van der Waals surface area contributed by atoms with Crippen molar-refractivity contribution in [1.29, 1.82) is 0 Å². The maximum absolute atomic E-state index is 5.16. The molecule has 1 fully saturated rings. The van der Waals surface area contributed by atoms with Crippen LogP contribution in [0.15, 0.2) is 22.0 Å². The normalized spacial score (nSPS) is 19.0. The van der Waals surface area contributed by atoms with Crippen molar-refractivity contribution in [3.05, 3.63) is 17.7 Å². The van der Waals surface area contributed by atoms with Gasteiger partial charge in [-0.3, -0.25) is 4.90 Å². The molecule has 0 bridgehead atoms. The van der Waals surface area contributed by atoms with Crippen LogP contribution in [0.5, 0.6) is 0 Å². The molecule has 0 unspecified atom stereocenters. The molecule has 0 spiro atoms. The number of aryl methyl sites for hydroxylation is 1. The van der Waals surface area contributed by atoms with Gasteiger partial charge in [0, 0.05) is 56.5 Å². The number of aromatic nitrogens is 3. The smallest absolute Gasteiger partial charge is 0.190 e. The molecule has 3 heterocycles. The fourth-order valence-electron chi connectivity index (χ4n) is 4.00. The summed E-state index contributed by atoms with van der Waals surface area (Å²) >= 11 is 1.81. The van der Waals surface area contributed by atoms with Crippen LogP contribution in [0.4, 0.5) is 0 Å². The van der Waals surface area contributed by atoms with Crippen LogP contribution in [0.3, 0.4) is 0 Å². The molecule has 8 heteroatoms. The number of amidine groups is 1. The minimum Gasteiger partial charge on any atom is -0.354 e. The predicted molar refractivity (Wildman–Crippen MR) is 131 cm³/mol. The largest absolute Gasteiger partial charge is 0.354 e. The molecular weight excluding hydrogens is 406 g/mol. The molecule has 2 aliphatic heterocycles. The first-order valence-electron chi connectivity index (χ1n) is 11.5. The summed E-state index contributed by atoms with van der Waals surface area (Å²) in [5.74, 6) is 4.42. The molecule has 0 saturated carbocycles. The Hall–Kier alpha value is -1.54. The lowest BCUT2D eigenvalue weighted by molar-refractivity contribution is 0.154. The SMILES string of the molecule is Cc1nnc(SCCCN2CCN(C3=CCN(C(C)(C)C)C(C(C)(C)C)=N3)CC2)n1C. The lowest BCUT2D eigenvalue weighted by atomic mass is 9.90. The minimum atomic E-state index is 0.0353. The Labute approximate surface area is 193 Å². The standard InChI is InChI=1S/C23H41N7S/c1-18-25-26-21(27(18)8)31-17-9-11-28-13-15-29(16-14-28)19-10-12-30(23(5,6)7)20(24-19)22(2,3)4/h10H,9,11-17H2,1-8H3. The Bertz CT molecular complexity index is 805. The molecular formula is C23H41N7S. The molecule has 0 amide bonds. The Balaban J connectivity index is 1.48. The van der Waals surface area contributed by atoms with Crippen molar-refractivity contribution in [2.75, 3.05) is 45.0 Å². The third-order valence-corrected chi connectivity index (χ3v) is 7.12. The summed E-state index contributed by atoms with van der Waals surface area (Å²) in [5, 5.41) is 9.39. The molecule has 0 aliphatic carbocycles. The average molecular weight is 448 g/mol. The zero-order chi connectivity index (χ0) is 22.8. The van der Waals surface area contributed by atoms with E-state index in [4.69, 9.17) is 4.99 Å². The Kier molecular flexibility index (Phi) is 7.41. The van der Waals surface area contributed by atoms with Gasteiger partial charge in [-0.2, -0.15) is 0 Å². The number of thioether (sulfide) groups is 1. The van der Waals surface area contributed by atoms with Crippen LogP contribution in [0, 0.1) is 12.3 Å². The summed E-state index contributed by atoms with van der Waals surface area (Å²) in [6.45, 7) is 22.0. The lowest BCUT2D eigenvalue weighted by Crippen LogP contribution is -2.53. The van der Waals surface area contributed by atoms with Gasteiger partial charge in [-0.05, 0) is 46.7 Å². The summed E-state index contributed by atoms with van der Waals surface area (Å²) in [4.78, 5) is 12.7. The molecule has 1 saturated heterocycles. The highest BCUT2D eigenvalue weighted by Crippen LogP contribution is 2.30. The summed E-state index contributed by atoms with van der Waals surface area (Å²) < 4.78 is 2.06. The first-order valence-corrected chi connectivity index (χ1v) is 12.5. The number of hydrogen-bond donors (Lipinski definition) is 0. The molecule has 2 aliphatic rings. The van der Waals surface area contributed by atoms with E-state index in [-0.39, 0.29) is 11.0 Å². The van der Waals surface area contributed by atoms with E-state index >= 15 is 0 Å². The third-order valence-electron chi connectivity index (χ3n) is 6.01. The number of piperazine rings is 1. The number of rotatable bonds is 6. The maximum atomic E-state index is 5.16. The van der Waals surface area contributed by atoms with E-state index in [1.54, 1.807) is 11.8 Å². The van der Waals surface area contributed by atoms with Crippen LogP contribution in [0.25, 0.3) is 0 Å². The van der Waals surface area contributed by atoms with Crippen molar-refractivity contribution < 1.29 is 0 Å². The van der Waals surface area contributed by atoms with Gasteiger partial charge >= 0.3 is 0 Å². The topological polar surface area (TPSA) is 52.8 Å². The summed E-state index contributed by atoms with van der Waals surface area (Å²) in [7, 11) is 2.03. The van der Waals surface area contributed by atoms with E-state index < -0.39 is 0 Å². The van der Waals surface area contributed by atoms with E-state index in [2.05, 4.69) is 77.1 Å². The van der Waals surface area contributed by atoms with Gasteiger partial charge < -0.3 is 14.4 Å². The van der Waals surface area contributed by atoms with Crippen molar-refractivity contribution >= 4 is 17.6 Å².